The number of alkyl halides is 3. The van der Waals surface area contributed by atoms with Gasteiger partial charge in [-0.25, -0.2) is 4.39 Å². The van der Waals surface area contributed by atoms with E-state index >= 15 is 0 Å². The van der Waals surface area contributed by atoms with Crippen LogP contribution in [0.15, 0.2) is 101 Å². The monoisotopic (exact) mass is 709 g/mol. The normalized spacial score (nSPS) is 17.1. The molecule has 4 aromatic rings. The Morgan fingerprint density at radius 2 is 1.74 bits per heavy atom. The second-order valence-electron chi connectivity index (χ2n) is 12.6. The third-order valence-corrected chi connectivity index (χ3v) is 9.56. The van der Waals surface area contributed by atoms with Gasteiger partial charge in [0.1, 0.15) is 11.9 Å². The summed E-state index contributed by atoms with van der Waals surface area (Å²) in [5.74, 6) is -2.32. The standard InChI is InChI=1S/C38H39F4N3O4S/c1-24-20-45(25(2)23-46)37(48)31-10-7-11-33(43-35(47)18-27-14-15-28(19-32(27)39)38(40,41)42)36(31)49-34(24)22-44(3)21-26-12-16-30(17-13-26)50-29-8-5-4-6-9-29/h4-17,19,24-25,34,46H,18,20-23H2,1-3H3,(H,43,47)/t24-,25?,34-/m1/s1. The van der Waals surface area contributed by atoms with E-state index in [1.807, 2.05) is 32.2 Å². The van der Waals surface area contributed by atoms with Crippen LogP contribution in [0.25, 0.3) is 0 Å². The molecule has 0 aromatic heterocycles. The van der Waals surface area contributed by atoms with Crippen LogP contribution in [-0.2, 0) is 23.9 Å². The van der Waals surface area contributed by atoms with Crippen LogP contribution in [0.5, 0.6) is 5.75 Å². The zero-order valence-electron chi connectivity index (χ0n) is 27.9. The third kappa shape index (κ3) is 9.23. The minimum atomic E-state index is -4.72. The molecule has 1 aliphatic rings. The van der Waals surface area contributed by atoms with Crippen molar-refractivity contribution in [2.24, 2.45) is 5.92 Å². The van der Waals surface area contributed by atoms with Gasteiger partial charge >= 0.3 is 6.18 Å². The van der Waals surface area contributed by atoms with E-state index < -0.39 is 47.9 Å². The van der Waals surface area contributed by atoms with Gasteiger partial charge < -0.3 is 20.1 Å². The summed E-state index contributed by atoms with van der Waals surface area (Å²) in [7, 11) is 1.97. The lowest BCUT2D eigenvalue weighted by Crippen LogP contribution is -2.49. The maximum Gasteiger partial charge on any atom is 0.416 e. The molecule has 3 atom stereocenters. The van der Waals surface area contributed by atoms with E-state index in [-0.39, 0.29) is 35.1 Å². The van der Waals surface area contributed by atoms with Crippen LogP contribution >= 0.6 is 11.8 Å². The van der Waals surface area contributed by atoms with Gasteiger partial charge in [0.05, 0.1) is 35.9 Å². The number of aliphatic hydroxyl groups is 1. The number of nitrogens with one attached hydrogen (secondary N) is 1. The largest absolute Gasteiger partial charge is 0.486 e. The minimum absolute atomic E-state index is 0.126. The number of nitrogens with zero attached hydrogens (tertiary/aromatic N) is 2. The van der Waals surface area contributed by atoms with Gasteiger partial charge in [-0.1, -0.05) is 61.2 Å². The molecule has 2 amide bonds. The molecule has 0 saturated heterocycles. The zero-order valence-corrected chi connectivity index (χ0v) is 28.7. The fourth-order valence-corrected chi connectivity index (χ4v) is 6.60. The fourth-order valence-electron chi connectivity index (χ4n) is 5.77. The molecule has 1 heterocycles. The first-order valence-electron chi connectivity index (χ1n) is 16.2. The first-order chi connectivity index (χ1) is 23.8. The number of aliphatic hydroxyl groups excluding tert-OH is 1. The molecule has 1 unspecified atom stereocenters. The van der Waals surface area contributed by atoms with E-state index in [1.165, 1.54) is 0 Å². The molecule has 2 N–H and O–H groups in total. The summed E-state index contributed by atoms with van der Waals surface area (Å²) < 4.78 is 60.2. The van der Waals surface area contributed by atoms with Crippen molar-refractivity contribution in [3.63, 3.8) is 0 Å². The Morgan fingerprint density at radius 1 is 1.04 bits per heavy atom. The SMILES string of the molecule is CC(CO)N1C[C@@H](C)[C@@H](CN(C)Cc2ccc(Sc3ccccc3)cc2)Oc2c(NC(=O)Cc3ccc(C(F)(F)F)cc3F)cccc2C1=O. The summed E-state index contributed by atoms with van der Waals surface area (Å²) in [5.41, 5.74) is 0.0707. The van der Waals surface area contributed by atoms with E-state index in [9.17, 15) is 32.3 Å². The summed E-state index contributed by atoms with van der Waals surface area (Å²) in [6.45, 7) is 4.83. The molecule has 4 aromatic carbocycles. The Morgan fingerprint density at radius 3 is 2.40 bits per heavy atom. The summed E-state index contributed by atoms with van der Waals surface area (Å²) >= 11 is 1.68. The Labute approximate surface area is 293 Å². The number of carbonyl (C=O) groups is 2. The predicted molar refractivity (Wildman–Crippen MR) is 185 cm³/mol. The van der Waals surface area contributed by atoms with Crippen LogP contribution < -0.4 is 10.1 Å². The van der Waals surface area contributed by atoms with Gasteiger partial charge in [-0.05, 0) is 73.6 Å². The Bertz CT molecular complexity index is 1790. The molecule has 0 bridgehead atoms. The molecule has 264 valence electrons. The number of carbonyl (C=O) groups excluding carboxylic acids is 2. The van der Waals surface area contributed by atoms with E-state index in [1.54, 1.807) is 41.8 Å². The highest BCUT2D eigenvalue weighted by Gasteiger charge is 2.35. The van der Waals surface area contributed by atoms with Crippen LogP contribution in [-0.4, -0.2) is 65.6 Å². The van der Waals surface area contributed by atoms with Gasteiger partial charge in [0.2, 0.25) is 5.91 Å². The molecule has 7 nitrogen and oxygen atoms in total. The molecule has 0 spiro atoms. The number of benzene rings is 4. The first-order valence-corrected chi connectivity index (χ1v) is 17.0. The second kappa shape index (κ2) is 16.1. The van der Waals surface area contributed by atoms with Crippen molar-refractivity contribution in [3.8, 4) is 5.75 Å². The predicted octanol–water partition coefficient (Wildman–Crippen LogP) is 7.53. The van der Waals surface area contributed by atoms with E-state index in [0.717, 1.165) is 27.5 Å². The molecular formula is C38H39F4N3O4S. The molecule has 12 heteroatoms. The Hall–Kier alpha value is -4.39. The summed E-state index contributed by atoms with van der Waals surface area (Å²) in [5, 5.41) is 12.7. The maximum atomic E-state index is 14.6. The van der Waals surface area contributed by atoms with Crippen molar-refractivity contribution < 1.29 is 37.0 Å². The zero-order chi connectivity index (χ0) is 36.0. The molecule has 5 rings (SSSR count). The lowest BCUT2D eigenvalue weighted by atomic mass is 9.98. The molecule has 50 heavy (non-hydrogen) atoms. The number of para-hydroxylation sites is 1. The fraction of sp³-hybridized carbons (Fsp3) is 0.316. The number of halogens is 4. The lowest BCUT2D eigenvalue weighted by molar-refractivity contribution is -0.137. The Balaban J connectivity index is 1.35. The van der Waals surface area contributed by atoms with Crippen molar-refractivity contribution >= 4 is 29.3 Å². The van der Waals surface area contributed by atoms with E-state index in [2.05, 4.69) is 46.6 Å². The van der Waals surface area contributed by atoms with Gasteiger partial charge in [0.15, 0.2) is 5.75 Å². The highest BCUT2D eigenvalue weighted by atomic mass is 32.2. The maximum absolute atomic E-state index is 14.6. The summed E-state index contributed by atoms with van der Waals surface area (Å²) in [6, 6.07) is 24.7. The summed E-state index contributed by atoms with van der Waals surface area (Å²) in [6.07, 6.45) is -5.72. The topological polar surface area (TPSA) is 82.1 Å². The minimum Gasteiger partial charge on any atom is -0.486 e. The number of rotatable bonds is 11. The molecule has 0 aliphatic carbocycles. The van der Waals surface area contributed by atoms with Gasteiger partial charge in [-0.15, -0.1) is 0 Å². The lowest BCUT2D eigenvalue weighted by Gasteiger charge is -2.38. The van der Waals surface area contributed by atoms with Crippen LogP contribution in [0, 0.1) is 11.7 Å². The highest BCUT2D eigenvalue weighted by molar-refractivity contribution is 7.99. The molecule has 1 aliphatic heterocycles. The quantitative estimate of drug-likeness (QED) is 0.157. The van der Waals surface area contributed by atoms with E-state index in [4.69, 9.17) is 4.74 Å². The van der Waals surface area contributed by atoms with Crippen LogP contribution in [0.3, 0.4) is 0 Å². The number of amides is 2. The molecular weight excluding hydrogens is 670 g/mol. The summed E-state index contributed by atoms with van der Waals surface area (Å²) in [4.78, 5) is 32.9. The number of hydrogen-bond acceptors (Lipinski definition) is 6. The van der Waals surface area contributed by atoms with Crippen LogP contribution in [0.1, 0.15) is 40.9 Å². The van der Waals surface area contributed by atoms with Gasteiger partial charge in [0, 0.05) is 35.3 Å². The average Bonchev–Trinajstić information content (AvgIpc) is 3.08. The first kappa shape index (κ1) is 36.9. The van der Waals surface area contributed by atoms with Crippen molar-refractivity contribution in [1.82, 2.24) is 9.80 Å². The molecule has 0 fully saturated rings. The number of likely N-dealkylation sites (N-methyl/N-ethyl adjacent to an activating group) is 1. The average molecular weight is 710 g/mol. The van der Waals surface area contributed by atoms with Crippen molar-refractivity contribution in [1.29, 1.82) is 0 Å². The Kier molecular flexibility index (Phi) is 11.9. The van der Waals surface area contributed by atoms with Crippen LogP contribution in [0.2, 0.25) is 0 Å². The van der Waals surface area contributed by atoms with Gasteiger partial charge in [-0.2, -0.15) is 13.2 Å². The van der Waals surface area contributed by atoms with Crippen LogP contribution in [0.4, 0.5) is 23.2 Å². The molecule has 0 saturated carbocycles. The molecule has 0 radical (unpaired) electrons. The van der Waals surface area contributed by atoms with Crippen molar-refractivity contribution in [3.05, 3.63) is 119 Å². The van der Waals surface area contributed by atoms with Crippen molar-refractivity contribution in [2.45, 2.75) is 54.9 Å². The smallest absolute Gasteiger partial charge is 0.416 e. The van der Waals surface area contributed by atoms with Gasteiger partial charge in [0.25, 0.3) is 5.91 Å². The van der Waals surface area contributed by atoms with Crippen molar-refractivity contribution in [2.75, 3.05) is 32.1 Å². The number of fused-ring (bicyclic) bond motifs is 1. The highest BCUT2D eigenvalue weighted by Crippen LogP contribution is 2.36. The number of ether oxygens (including phenoxy) is 1. The second-order valence-corrected chi connectivity index (χ2v) is 13.7. The van der Waals surface area contributed by atoms with E-state index in [0.29, 0.717) is 25.7 Å². The number of anilines is 1. The number of hydrogen-bond donors (Lipinski definition) is 2. The third-order valence-electron chi connectivity index (χ3n) is 8.54. The van der Waals surface area contributed by atoms with Gasteiger partial charge in [-0.3, -0.25) is 14.5 Å².